The number of rotatable bonds is 3. The van der Waals surface area contributed by atoms with Crippen molar-refractivity contribution in [3.63, 3.8) is 0 Å². The molecule has 0 saturated carbocycles. The van der Waals surface area contributed by atoms with Crippen molar-refractivity contribution in [2.75, 3.05) is 0 Å². The Morgan fingerprint density at radius 1 is 0.294 bits per heavy atom. The van der Waals surface area contributed by atoms with Gasteiger partial charge in [-0.25, -0.2) is 0 Å². The van der Waals surface area contributed by atoms with Crippen molar-refractivity contribution in [1.29, 1.82) is 0 Å². The Balaban J connectivity index is 0.674. The first kappa shape index (κ1) is 58.6. The molecule has 0 aliphatic carbocycles. The third-order valence-electron chi connectivity index (χ3n) is 27.3. The normalized spacial score (nSPS) is 14.1. The lowest BCUT2D eigenvalue weighted by Gasteiger charge is -2.36. The third-order valence-corrected chi connectivity index (χ3v) is 27.3. The zero-order valence-corrected chi connectivity index (χ0v) is 61.8. The van der Waals surface area contributed by atoms with Gasteiger partial charge in [0.05, 0.1) is 33.4 Å². The van der Waals surface area contributed by atoms with Crippen LogP contribution < -0.4 is 21.9 Å². The molecule has 109 heavy (non-hydrogen) atoms. The van der Waals surface area contributed by atoms with E-state index in [1.807, 2.05) is 0 Å². The van der Waals surface area contributed by atoms with Crippen LogP contribution in [0, 0.1) is 0 Å². The van der Waals surface area contributed by atoms with Crippen LogP contribution in [0.15, 0.2) is 259 Å². The maximum Gasteiger partial charge on any atom is 0.333 e. The summed E-state index contributed by atoms with van der Waals surface area (Å²) in [4.78, 5) is 0. The van der Waals surface area contributed by atoms with Crippen LogP contribution in [0.2, 0.25) is 0 Å². The molecule has 0 spiro atoms. The second-order valence-corrected chi connectivity index (χ2v) is 35.4. The van der Waals surface area contributed by atoms with Crippen LogP contribution in [0.3, 0.4) is 0 Å². The van der Waals surface area contributed by atoms with Gasteiger partial charge in [0, 0.05) is 109 Å². The summed E-state index contributed by atoms with van der Waals surface area (Å²) in [6.45, 7) is 19.1. The second kappa shape index (κ2) is 19.0. The van der Waals surface area contributed by atoms with Crippen molar-refractivity contribution in [3.05, 3.63) is 277 Å². The van der Waals surface area contributed by atoms with Gasteiger partial charge < -0.3 is 22.5 Å². The van der Waals surface area contributed by atoms with Gasteiger partial charge in [-0.2, -0.15) is 0 Å². The summed E-state index contributed by atoms with van der Waals surface area (Å²) in [5, 5.41) is 31.2. The smallest absolute Gasteiger partial charge is 0.333 e. The molecule has 0 amide bonds. The van der Waals surface area contributed by atoms with Gasteiger partial charge in [-0.15, -0.1) is 0 Å². The first-order valence-electron chi connectivity index (χ1n) is 39.2. The molecule has 0 atom stereocenters. The molecule has 5 nitrogen and oxygen atoms in total. The van der Waals surface area contributed by atoms with E-state index in [-0.39, 0.29) is 29.9 Å². The number of fused-ring (bicyclic) bond motifs is 30. The van der Waals surface area contributed by atoms with E-state index in [1.54, 1.807) is 0 Å². The topological polar surface area (TPSA) is 32.9 Å². The molecule has 9 heterocycles. The van der Waals surface area contributed by atoms with Crippen LogP contribution in [0.1, 0.15) is 77.6 Å². The molecule has 508 valence electrons. The number of hydrogen-bond donors (Lipinski definition) is 0. The summed E-state index contributed by atoms with van der Waals surface area (Å²) in [5.74, 6) is 0. The number of para-hydroxylation sites is 5. The highest BCUT2D eigenvalue weighted by Crippen LogP contribution is 2.55. The maximum absolute atomic E-state index is 6.68. The predicted octanol–water partition coefficient (Wildman–Crippen LogP) is 24.0. The van der Waals surface area contributed by atoms with Crippen molar-refractivity contribution in [1.82, 2.24) is 18.1 Å². The molecule has 4 aliphatic heterocycles. The van der Waals surface area contributed by atoms with Crippen molar-refractivity contribution in [2.45, 2.75) is 78.1 Å². The van der Waals surface area contributed by atoms with E-state index < -0.39 is 0 Å². The van der Waals surface area contributed by atoms with Gasteiger partial charge >= 0.3 is 13.7 Å². The standard InChI is InChI=1S/C102H68B2N4O/c1-100(2,3)59-46-56-31-37-66-87-71(39-33-57(47-59)84(56)87)99-93-89(66)74-50-60(101(4,5)6)49-73-72-48-58(35-41-78(72)107(95(73)74)103(93)76-27-17-25-67-85-61-19-10-9-18-53(61)34-40-79(85)106(99)97(67)76)102(7,8)51-52-44-54-30-36-65-86-70(38-32-55(45-52)83(54)86)98-92-88(65)68-23-15-24-69-90-80(42-43-82-91(90)64-21-12-14-29-81(64)109-82)108(94(68)69)104(92)75-26-16-22-63-62-20-11-13-28-77(62)105(98)96(63)75/h9-50H,51H2,1-8H3. The van der Waals surface area contributed by atoms with Crippen molar-refractivity contribution in [3.8, 4) is 33.6 Å². The Hall–Kier alpha value is -12.6. The van der Waals surface area contributed by atoms with E-state index in [2.05, 4.69) is 328 Å². The van der Waals surface area contributed by atoms with Gasteiger partial charge in [0.25, 0.3) is 0 Å². The average Bonchev–Trinajstić information content (AvgIpc) is 1.60. The monoisotopic (exact) mass is 1390 g/mol. The minimum atomic E-state index is -0.263. The largest absolute Gasteiger partial charge is 0.456 e. The lowest BCUT2D eigenvalue weighted by Crippen LogP contribution is -2.55. The molecule has 0 radical (unpaired) electrons. The fourth-order valence-corrected chi connectivity index (χ4v) is 22.8. The zero-order chi connectivity index (χ0) is 71.8. The van der Waals surface area contributed by atoms with Crippen molar-refractivity contribution < 1.29 is 4.42 Å². The SMILES string of the molecule is CC(C)(C)c1cc2ccc3c4c5c(c6ccc(c1)c2c36)-n1c2ccc3ccccc3c2c2cccc(c21)B5n1c2ccc(C(C)(C)Cc3cc5ccc6c7c8c(c9ccc(c3)c5c69)-n3c5ccccc5c5cccc(c53)B8n3c5ccc6oc8ccccc8c6c5c5cccc-7c53)cc2c2cc(C(C)(C)C)cc-4c21. The number of benzene rings is 18. The Kier molecular flexibility index (Phi) is 10.2. The fourth-order valence-electron chi connectivity index (χ4n) is 22.8. The van der Waals surface area contributed by atoms with Crippen molar-refractivity contribution in [2.24, 2.45) is 0 Å². The summed E-state index contributed by atoms with van der Waals surface area (Å²) in [5.41, 5.74) is 30.5. The van der Waals surface area contributed by atoms with E-state index in [9.17, 15) is 0 Å². The number of nitrogens with zero attached hydrogens (tertiary/aromatic N) is 4. The molecule has 0 unspecified atom stereocenters. The molecule has 23 aromatic rings. The highest BCUT2D eigenvalue weighted by atomic mass is 16.3. The highest BCUT2D eigenvalue weighted by molar-refractivity contribution is 6.92. The molecule has 0 saturated heterocycles. The molecule has 0 fully saturated rings. The molecule has 18 aromatic carbocycles. The third kappa shape index (κ3) is 6.86. The van der Waals surface area contributed by atoms with Crippen LogP contribution >= 0.6 is 0 Å². The summed E-state index contributed by atoms with van der Waals surface area (Å²) in [6, 6.07) is 100. The molecule has 4 aliphatic rings. The van der Waals surface area contributed by atoms with Crippen LogP contribution in [0.5, 0.6) is 0 Å². The van der Waals surface area contributed by atoms with E-state index in [0.717, 1.165) is 23.0 Å². The van der Waals surface area contributed by atoms with Gasteiger partial charge in [-0.3, -0.25) is 0 Å². The fraction of sp³-hybridized carbons (Fsp3) is 0.118. The molecule has 0 bridgehead atoms. The van der Waals surface area contributed by atoms with Crippen LogP contribution in [0.4, 0.5) is 0 Å². The molecule has 0 N–H and O–H groups in total. The molecule has 27 rings (SSSR count). The Morgan fingerprint density at radius 2 is 0.817 bits per heavy atom. The van der Waals surface area contributed by atoms with Crippen LogP contribution in [0.25, 0.3) is 218 Å². The van der Waals surface area contributed by atoms with Gasteiger partial charge in [-0.05, 0) is 186 Å². The van der Waals surface area contributed by atoms with Crippen LogP contribution in [-0.2, 0) is 22.7 Å². The van der Waals surface area contributed by atoms with Gasteiger partial charge in [0.15, 0.2) is 0 Å². The molecular weight excluding hydrogens is 1320 g/mol. The van der Waals surface area contributed by atoms with E-state index >= 15 is 0 Å². The summed E-state index contributed by atoms with van der Waals surface area (Å²) < 4.78 is 17.6. The number of hydrogen-bond acceptors (Lipinski definition) is 1. The number of furan rings is 1. The Bertz CT molecular complexity index is 8300. The molecule has 7 heteroatoms. The van der Waals surface area contributed by atoms with Gasteiger partial charge in [0.1, 0.15) is 11.2 Å². The quantitative estimate of drug-likeness (QED) is 0.128. The van der Waals surface area contributed by atoms with E-state index in [4.69, 9.17) is 4.42 Å². The highest BCUT2D eigenvalue weighted by Gasteiger charge is 2.47. The maximum atomic E-state index is 6.68. The van der Waals surface area contributed by atoms with E-state index in [1.165, 1.54) is 246 Å². The first-order valence-corrected chi connectivity index (χ1v) is 39.2. The lowest BCUT2D eigenvalue weighted by atomic mass is 9.45. The Morgan fingerprint density at radius 3 is 1.52 bits per heavy atom. The van der Waals surface area contributed by atoms with Crippen LogP contribution in [-0.4, -0.2) is 31.8 Å². The average molecular weight is 1390 g/mol. The minimum Gasteiger partial charge on any atom is -0.456 e. The summed E-state index contributed by atoms with van der Waals surface area (Å²) in [7, 11) is 0. The second-order valence-electron chi connectivity index (χ2n) is 35.4. The zero-order valence-electron chi connectivity index (χ0n) is 61.8. The molecular formula is C102H68B2N4O. The van der Waals surface area contributed by atoms with Crippen molar-refractivity contribution >= 4 is 220 Å². The lowest BCUT2D eigenvalue weighted by molar-refractivity contribution is 0.523. The van der Waals surface area contributed by atoms with E-state index in [0.29, 0.717) is 0 Å². The van der Waals surface area contributed by atoms with Gasteiger partial charge in [0.2, 0.25) is 0 Å². The minimum absolute atomic E-state index is 0.00252. The molecule has 5 aromatic heterocycles. The first-order chi connectivity index (χ1) is 53.1. The number of aromatic nitrogens is 4. The summed E-state index contributed by atoms with van der Waals surface area (Å²) >= 11 is 0. The van der Waals surface area contributed by atoms with Gasteiger partial charge in [-0.1, -0.05) is 256 Å². The Labute approximate surface area is 627 Å². The predicted molar refractivity (Wildman–Crippen MR) is 466 cm³/mol. The summed E-state index contributed by atoms with van der Waals surface area (Å²) in [6.07, 6.45) is 0.860.